The Kier molecular flexibility index (Phi) is 3.17. The smallest absolute Gasteiger partial charge is 0.228 e. The van der Waals surface area contributed by atoms with Gasteiger partial charge in [0.1, 0.15) is 17.5 Å². The molecule has 1 amide bonds. The largest absolute Gasteiger partial charge is 0.326 e. The molecule has 0 saturated carbocycles. The van der Waals surface area contributed by atoms with Crippen LogP contribution < -0.4 is 11.1 Å². The lowest BCUT2D eigenvalue weighted by atomic mass is 9.96. The zero-order valence-corrected chi connectivity index (χ0v) is 10.8. The van der Waals surface area contributed by atoms with Gasteiger partial charge in [-0.05, 0) is 17.2 Å². The van der Waals surface area contributed by atoms with E-state index < -0.39 is 29.1 Å². The third-order valence-corrected chi connectivity index (χ3v) is 3.47. The van der Waals surface area contributed by atoms with Crippen molar-refractivity contribution >= 4 is 11.6 Å². The Hall–Kier alpha value is -2.34. The van der Waals surface area contributed by atoms with Crippen molar-refractivity contribution in [1.29, 1.82) is 0 Å². The summed E-state index contributed by atoms with van der Waals surface area (Å²) in [6, 6.07) is 4.95. The Morgan fingerprint density at radius 3 is 2.43 bits per heavy atom. The molecule has 3 rings (SSSR count). The number of benzene rings is 2. The van der Waals surface area contributed by atoms with Crippen LogP contribution in [-0.4, -0.2) is 5.91 Å². The summed E-state index contributed by atoms with van der Waals surface area (Å²) < 4.78 is 40.4. The third kappa shape index (κ3) is 2.38. The van der Waals surface area contributed by atoms with Gasteiger partial charge in [-0.25, -0.2) is 13.2 Å². The van der Waals surface area contributed by atoms with E-state index in [1.54, 1.807) is 18.2 Å². The van der Waals surface area contributed by atoms with E-state index in [-0.39, 0.29) is 12.3 Å². The minimum Gasteiger partial charge on any atom is -0.326 e. The minimum absolute atomic E-state index is 0.144. The molecule has 1 aliphatic rings. The lowest BCUT2D eigenvalue weighted by Crippen LogP contribution is -2.16. The van der Waals surface area contributed by atoms with Crippen LogP contribution in [-0.2, 0) is 11.2 Å². The first-order valence-electron chi connectivity index (χ1n) is 6.28. The predicted octanol–water partition coefficient (Wildman–Crippen LogP) is 2.65. The molecule has 1 atom stereocenters. The number of carbonyl (C=O) groups is 1. The van der Waals surface area contributed by atoms with E-state index in [1.165, 1.54) is 0 Å². The molecule has 0 bridgehead atoms. The summed E-state index contributed by atoms with van der Waals surface area (Å²) in [5, 5.41) is 2.66. The predicted molar refractivity (Wildman–Crippen MR) is 71.1 cm³/mol. The Morgan fingerprint density at radius 2 is 1.76 bits per heavy atom. The molecule has 0 spiro atoms. The monoisotopic (exact) mass is 292 g/mol. The van der Waals surface area contributed by atoms with Gasteiger partial charge in [0, 0.05) is 23.4 Å². The van der Waals surface area contributed by atoms with Crippen LogP contribution in [0.3, 0.4) is 0 Å². The van der Waals surface area contributed by atoms with Gasteiger partial charge in [0.15, 0.2) is 0 Å². The highest BCUT2D eigenvalue weighted by molar-refractivity contribution is 5.99. The number of carbonyl (C=O) groups excluding carboxylic acids is 1. The Labute approximate surface area is 118 Å². The molecule has 3 nitrogen and oxygen atoms in total. The third-order valence-electron chi connectivity index (χ3n) is 3.47. The fourth-order valence-corrected chi connectivity index (χ4v) is 2.46. The summed E-state index contributed by atoms with van der Waals surface area (Å²) in [4.78, 5) is 11.3. The van der Waals surface area contributed by atoms with E-state index in [2.05, 4.69) is 5.32 Å². The molecule has 0 saturated heterocycles. The maximum absolute atomic E-state index is 13.8. The van der Waals surface area contributed by atoms with Crippen molar-refractivity contribution in [1.82, 2.24) is 0 Å². The number of amides is 1. The highest BCUT2D eigenvalue weighted by Gasteiger charge is 2.23. The van der Waals surface area contributed by atoms with Crippen molar-refractivity contribution in [2.75, 3.05) is 5.32 Å². The highest BCUT2D eigenvalue weighted by Crippen LogP contribution is 2.30. The van der Waals surface area contributed by atoms with Crippen molar-refractivity contribution in [3.05, 3.63) is 64.5 Å². The summed E-state index contributed by atoms with van der Waals surface area (Å²) in [6.07, 6.45) is 0.199. The van der Waals surface area contributed by atoms with Crippen molar-refractivity contribution in [3.63, 3.8) is 0 Å². The number of nitrogens with one attached hydrogen (secondary N) is 1. The fraction of sp³-hybridized carbons (Fsp3) is 0.133. The number of fused-ring (bicyclic) bond motifs is 1. The molecule has 2 aromatic rings. The van der Waals surface area contributed by atoms with Gasteiger partial charge in [0.25, 0.3) is 0 Å². The summed E-state index contributed by atoms with van der Waals surface area (Å²) in [6.45, 7) is 0. The molecule has 21 heavy (non-hydrogen) atoms. The number of anilines is 1. The zero-order valence-electron chi connectivity index (χ0n) is 10.8. The summed E-state index contributed by atoms with van der Waals surface area (Å²) in [5.74, 6) is -3.20. The molecule has 1 heterocycles. The van der Waals surface area contributed by atoms with Gasteiger partial charge < -0.3 is 11.1 Å². The number of halogens is 3. The number of hydrogen-bond acceptors (Lipinski definition) is 2. The standard InChI is InChI=1S/C15H11F3N2O/c16-9-5-10(17)14(11(18)6-9)15(19)7-1-2-12-8(3-7)4-13(21)20-12/h1-3,5-6,15H,4,19H2,(H,20,21). The molecule has 1 unspecified atom stereocenters. The maximum Gasteiger partial charge on any atom is 0.228 e. The molecule has 0 radical (unpaired) electrons. The first-order chi connectivity index (χ1) is 9.95. The average molecular weight is 292 g/mol. The van der Waals surface area contributed by atoms with Gasteiger partial charge in [0.2, 0.25) is 5.91 Å². The normalized spacial score (nSPS) is 14.8. The molecule has 0 fully saturated rings. The van der Waals surface area contributed by atoms with Crippen molar-refractivity contribution in [2.45, 2.75) is 12.5 Å². The van der Waals surface area contributed by atoms with Crippen LogP contribution in [0.5, 0.6) is 0 Å². The van der Waals surface area contributed by atoms with E-state index in [1.807, 2.05) is 0 Å². The van der Waals surface area contributed by atoms with Crippen molar-refractivity contribution in [2.24, 2.45) is 5.73 Å². The van der Waals surface area contributed by atoms with Crippen LogP contribution in [0.4, 0.5) is 18.9 Å². The molecule has 1 aliphatic heterocycles. The van der Waals surface area contributed by atoms with E-state index in [4.69, 9.17) is 5.73 Å². The maximum atomic E-state index is 13.8. The van der Waals surface area contributed by atoms with Crippen LogP contribution in [0.25, 0.3) is 0 Å². The molecule has 6 heteroatoms. The van der Waals surface area contributed by atoms with Crippen LogP contribution in [0.15, 0.2) is 30.3 Å². The Bertz CT molecular complexity index is 723. The van der Waals surface area contributed by atoms with Crippen LogP contribution in [0.1, 0.15) is 22.7 Å². The minimum atomic E-state index is -1.08. The molecular weight excluding hydrogens is 281 g/mol. The van der Waals surface area contributed by atoms with Gasteiger partial charge in [-0.2, -0.15) is 0 Å². The van der Waals surface area contributed by atoms with Gasteiger partial charge in [-0.15, -0.1) is 0 Å². The van der Waals surface area contributed by atoms with E-state index in [9.17, 15) is 18.0 Å². The Morgan fingerprint density at radius 1 is 1.10 bits per heavy atom. The zero-order chi connectivity index (χ0) is 15.1. The van der Waals surface area contributed by atoms with Crippen LogP contribution in [0, 0.1) is 17.5 Å². The lowest BCUT2D eigenvalue weighted by molar-refractivity contribution is -0.115. The van der Waals surface area contributed by atoms with Crippen LogP contribution >= 0.6 is 0 Å². The van der Waals surface area contributed by atoms with E-state index >= 15 is 0 Å². The van der Waals surface area contributed by atoms with Crippen LogP contribution in [0.2, 0.25) is 0 Å². The second-order valence-electron chi connectivity index (χ2n) is 4.90. The summed E-state index contributed by atoms with van der Waals surface area (Å²) >= 11 is 0. The first-order valence-corrected chi connectivity index (χ1v) is 6.28. The quantitative estimate of drug-likeness (QED) is 0.894. The average Bonchev–Trinajstić information content (AvgIpc) is 2.76. The van der Waals surface area contributed by atoms with Gasteiger partial charge in [-0.1, -0.05) is 12.1 Å². The lowest BCUT2D eigenvalue weighted by Gasteiger charge is -2.15. The van der Waals surface area contributed by atoms with E-state index in [0.29, 0.717) is 23.4 Å². The molecule has 2 aromatic carbocycles. The number of rotatable bonds is 2. The summed E-state index contributed by atoms with van der Waals surface area (Å²) in [5.41, 5.74) is 7.33. The number of hydrogen-bond donors (Lipinski definition) is 2. The molecule has 108 valence electrons. The number of nitrogens with two attached hydrogens (primary N) is 1. The van der Waals surface area contributed by atoms with Gasteiger partial charge in [-0.3, -0.25) is 4.79 Å². The summed E-state index contributed by atoms with van der Waals surface area (Å²) in [7, 11) is 0. The topological polar surface area (TPSA) is 55.1 Å². The highest BCUT2D eigenvalue weighted by atomic mass is 19.1. The van der Waals surface area contributed by atoms with Gasteiger partial charge >= 0.3 is 0 Å². The Balaban J connectivity index is 2.02. The van der Waals surface area contributed by atoms with Crippen molar-refractivity contribution in [3.8, 4) is 0 Å². The molecule has 0 aliphatic carbocycles. The molecule has 0 aromatic heterocycles. The SMILES string of the molecule is NC(c1ccc2c(c1)CC(=O)N2)c1c(F)cc(F)cc1F. The first kappa shape index (κ1) is 13.6. The molecular formula is C15H11F3N2O. The molecule has 3 N–H and O–H groups in total. The van der Waals surface area contributed by atoms with E-state index in [0.717, 1.165) is 5.56 Å². The second kappa shape index (κ2) is 4.89. The second-order valence-corrected chi connectivity index (χ2v) is 4.90. The van der Waals surface area contributed by atoms with Crippen molar-refractivity contribution < 1.29 is 18.0 Å². The van der Waals surface area contributed by atoms with Gasteiger partial charge in [0.05, 0.1) is 12.5 Å². The fourth-order valence-electron chi connectivity index (χ4n) is 2.46.